The van der Waals surface area contributed by atoms with Gasteiger partial charge in [0.05, 0.1) is 5.69 Å². The van der Waals surface area contributed by atoms with Crippen LogP contribution >= 0.6 is 15.9 Å². The van der Waals surface area contributed by atoms with Gasteiger partial charge in [-0.1, -0.05) is 12.1 Å². The third-order valence-electron chi connectivity index (χ3n) is 1.24. The van der Waals surface area contributed by atoms with Crippen LogP contribution in [-0.2, 0) is 0 Å². The van der Waals surface area contributed by atoms with Crippen LogP contribution in [0.4, 0.5) is 5.69 Å². The Kier molecular flexibility index (Phi) is 3.07. The Morgan fingerprint density at radius 3 is 2.67 bits per heavy atom. The van der Waals surface area contributed by atoms with Gasteiger partial charge in [-0.15, -0.1) is 0 Å². The number of nitrogens with one attached hydrogen (secondary N) is 1. The number of hydrogen-bond donors (Lipinski definition) is 3. The van der Waals surface area contributed by atoms with Gasteiger partial charge in [-0.25, -0.2) is 10.8 Å². The van der Waals surface area contributed by atoms with Gasteiger partial charge in [-0.3, -0.25) is 5.43 Å². The molecule has 0 fully saturated rings. The van der Waals surface area contributed by atoms with E-state index >= 15 is 0 Å². The van der Waals surface area contributed by atoms with Gasteiger partial charge >= 0.3 is 0 Å². The predicted molar refractivity (Wildman–Crippen MR) is 52.7 cm³/mol. The van der Waals surface area contributed by atoms with Crippen LogP contribution in [-0.4, -0.2) is 5.96 Å². The number of benzene rings is 1. The summed E-state index contributed by atoms with van der Waals surface area (Å²) in [6.07, 6.45) is 0. The maximum absolute atomic E-state index is 5.37. The molecule has 0 unspecified atom stereocenters. The number of hydrazine groups is 1. The van der Waals surface area contributed by atoms with E-state index in [2.05, 4.69) is 26.3 Å². The molecular formula is C7H9BrN4. The molecule has 0 heterocycles. The van der Waals surface area contributed by atoms with Crippen LogP contribution in [0.15, 0.2) is 33.7 Å². The van der Waals surface area contributed by atoms with Crippen LogP contribution in [0.5, 0.6) is 0 Å². The molecule has 0 spiro atoms. The molecule has 5 heteroatoms. The quantitative estimate of drug-likeness (QED) is 0.289. The summed E-state index contributed by atoms with van der Waals surface area (Å²) in [5.74, 6) is 5.23. The van der Waals surface area contributed by atoms with E-state index in [0.29, 0.717) is 0 Å². The number of nitrogens with two attached hydrogens (primary N) is 2. The minimum absolute atomic E-state index is 0.182. The van der Waals surface area contributed by atoms with Gasteiger partial charge in [-0.05, 0) is 28.1 Å². The molecule has 1 rings (SSSR count). The van der Waals surface area contributed by atoms with Crippen LogP contribution in [0.1, 0.15) is 0 Å². The summed E-state index contributed by atoms with van der Waals surface area (Å²) in [6.45, 7) is 0. The first-order chi connectivity index (χ1) is 5.74. The maximum atomic E-state index is 5.37. The number of halogens is 1. The first kappa shape index (κ1) is 9.02. The standard InChI is InChI=1S/C7H9BrN4/c8-5-3-1-2-4-6(5)11-7(9)12-10/h1-4H,10H2,(H3,9,11,12). The molecule has 64 valence electrons. The molecule has 0 amide bonds. The van der Waals surface area contributed by atoms with Crippen molar-refractivity contribution in [3.05, 3.63) is 28.7 Å². The average Bonchev–Trinajstić information content (AvgIpc) is 2.09. The number of guanidine groups is 1. The average molecular weight is 229 g/mol. The highest BCUT2D eigenvalue weighted by Gasteiger charge is 1.95. The van der Waals surface area contributed by atoms with E-state index in [-0.39, 0.29) is 5.96 Å². The molecule has 0 saturated heterocycles. The molecule has 12 heavy (non-hydrogen) atoms. The maximum Gasteiger partial charge on any atom is 0.208 e. The van der Waals surface area contributed by atoms with E-state index in [1.165, 1.54) is 0 Å². The molecule has 0 aliphatic heterocycles. The van der Waals surface area contributed by atoms with Gasteiger partial charge < -0.3 is 5.73 Å². The minimum atomic E-state index is 0.182. The molecule has 0 bridgehead atoms. The largest absolute Gasteiger partial charge is 0.369 e. The van der Waals surface area contributed by atoms with E-state index in [1.54, 1.807) is 0 Å². The summed E-state index contributed by atoms with van der Waals surface area (Å²) in [7, 11) is 0. The van der Waals surface area contributed by atoms with Crippen molar-refractivity contribution in [3.8, 4) is 0 Å². The summed E-state index contributed by atoms with van der Waals surface area (Å²) in [6, 6.07) is 7.47. The number of aliphatic imine (C=N–C) groups is 1. The Morgan fingerprint density at radius 1 is 1.42 bits per heavy atom. The van der Waals surface area contributed by atoms with Crippen LogP contribution in [0, 0.1) is 0 Å². The van der Waals surface area contributed by atoms with Crippen LogP contribution in [0.2, 0.25) is 0 Å². The van der Waals surface area contributed by atoms with Gasteiger partial charge in [0.15, 0.2) is 0 Å². The van der Waals surface area contributed by atoms with Gasteiger partial charge in [0, 0.05) is 4.47 Å². The number of rotatable bonds is 1. The van der Waals surface area contributed by atoms with E-state index in [1.807, 2.05) is 24.3 Å². The van der Waals surface area contributed by atoms with E-state index in [0.717, 1.165) is 10.2 Å². The first-order valence-corrected chi connectivity index (χ1v) is 4.08. The lowest BCUT2D eigenvalue weighted by atomic mass is 10.3. The monoisotopic (exact) mass is 228 g/mol. The second-order valence-corrected chi connectivity index (χ2v) is 2.95. The molecule has 0 saturated carbocycles. The highest BCUT2D eigenvalue weighted by Crippen LogP contribution is 2.23. The molecule has 5 N–H and O–H groups in total. The number of hydrogen-bond acceptors (Lipinski definition) is 2. The molecule has 0 aromatic heterocycles. The van der Waals surface area contributed by atoms with E-state index in [9.17, 15) is 0 Å². The van der Waals surface area contributed by atoms with Crippen LogP contribution in [0.25, 0.3) is 0 Å². The summed E-state index contributed by atoms with van der Waals surface area (Å²) < 4.78 is 0.878. The van der Waals surface area contributed by atoms with Gasteiger partial charge in [0.2, 0.25) is 5.96 Å². The Morgan fingerprint density at radius 2 is 2.08 bits per heavy atom. The molecule has 0 atom stereocenters. The zero-order valence-corrected chi connectivity index (χ0v) is 7.88. The Hall–Kier alpha value is -1.07. The van der Waals surface area contributed by atoms with Crippen molar-refractivity contribution in [2.75, 3.05) is 0 Å². The second-order valence-electron chi connectivity index (χ2n) is 2.09. The van der Waals surface area contributed by atoms with Crippen molar-refractivity contribution in [3.63, 3.8) is 0 Å². The smallest absolute Gasteiger partial charge is 0.208 e. The molecule has 1 aromatic rings. The van der Waals surface area contributed by atoms with Crippen molar-refractivity contribution >= 4 is 27.6 Å². The van der Waals surface area contributed by atoms with Crippen LogP contribution < -0.4 is 17.0 Å². The van der Waals surface area contributed by atoms with Crippen molar-refractivity contribution < 1.29 is 0 Å². The lowest BCUT2D eigenvalue weighted by Gasteiger charge is -1.99. The predicted octanol–water partition coefficient (Wildman–Crippen LogP) is 0.859. The fraction of sp³-hybridized carbons (Fsp3) is 0. The summed E-state index contributed by atoms with van der Waals surface area (Å²) in [5, 5.41) is 0. The fourth-order valence-electron chi connectivity index (χ4n) is 0.704. The lowest BCUT2D eigenvalue weighted by molar-refractivity contribution is 1.01. The van der Waals surface area contributed by atoms with Gasteiger partial charge in [-0.2, -0.15) is 0 Å². The SMILES string of the molecule is NNC(N)=Nc1ccccc1Br. The van der Waals surface area contributed by atoms with Crippen LogP contribution in [0.3, 0.4) is 0 Å². The molecule has 0 aliphatic carbocycles. The second kappa shape index (κ2) is 4.08. The minimum Gasteiger partial charge on any atom is -0.369 e. The topological polar surface area (TPSA) is 76.4 Å². The number of nitrogens with zero attached hydrogens (tertiary/aromatic N) is 1. The summed E-state index contributed by atoms with van der Waals surface area (Å²) in [5.41, 5.74) is 8.36. The Bertz CT molecular complexity index is 297. The van der Waals surface area contributed by atoms with Crippen molar-refractivity contribution in [1.29, 1.82) is 0 Å². The van der Waals surface area contributed by atoms with E-state index < -0.39 is 0 Å². The Balaban J connectivity index is 2.96. The summed E-state index contributed by atoms with van der Waals surface area (Å²) in [4.78, 5) is 3.99. The molecule has 0 radical (unpaired) electrons. The third-order valence-corrected chi connectivity index (χ3v) is 1.91. The normalized spacial score (nSPS) is 11.3. The molecule has 4 nitrogen and oxygen atoms in total. The molecular weight excluding hydrogens is 220 g/mol. The fourth-order valence-corrected chi connectivity index (χ4v) is 1.08. The molecule has 0 aliphatic rings. The van der Waals surface area contributed by atoms with Gasteiger partial charge in [0.25, 0.3) is 0 Å². The number of para-hydroxylation sites is 1. The Labute approximate surface area is 78.8 Å². The van der Waals surface area contributed by atoms with Crippen molar-refractivity contribution in [1.82, 2.24) is 5.43 Å². The van der Waals surface area contributed by atoms with Crippen molar-refractivity contribution in [2.24, 2.45) is 16.6 Å². The zero-order valence-electron chi connectivity index (χ0n) is 6.29. The summed E-state index contributed by atoms with van der Waals surface area (Å²) >= 11 is 3.32. The lowest BCUT2D eigenvalue weighted by Crippen LogP contribution is -2.36. The highest BCUT2D eigenvalue weighted by molar-refractivity contribution is 9.10. The third kappa shape index (κ3) is 2.21. The highest BCUT2D eigenvalue weighted by atomic mass is 79.9. The van der Waals surface area contributed by atoms with E-state index in [4.69, 9.17) is 11.6 Å². The first-order valence-electron chi connectivity index (χ1n) is 3.29. The van der Waals surface area contributed by atoms with Gasteiger partial charge in [0.1, 0.15) is 0 Å². The zero-order chi connectivity index (χ0) is 8.97. The molecule has 1 aromatic carbocycles. The van der Waals surface area contributed by atoms with Crippen molar-refractivity contribution in [2.45, 2.75) is 0 Å².